The van der Waals surface area contributed by atoms with Crippen molar-refractivity contribution < 1.29 is 19.7 Å². The number of carbonyl (C=O) groups is 1. The summed E-state index contributed by atoms with van der Waals surface area (Å²) in [4.78, 5) is 15.0. The van der Waals surface area contributed by atoms with Crippen molar-refractivity contribution in [3.05, 3.63) is 28.5 Å². The predicted molar refractivity (Wildman–Crippen MR) is 64.5 cm³/mol. The number of carboxylic acid groups (broad SMARTS) is 1. The van der Waals surface area contributed by atoms with Crippen molar-refractivity contribution in [2.24, 2.45) is 0 Å². The molecule has 3 atom stereocenters. The molecular weight excluding hydrogens is 290 g/mol. The fourth-order valence-corrected chi connectivity index (χ4v) is 1.56. The molecular formula is C11H14BrNO4. The van der Waals surface area contributed by atoms with Gasteiger partial charge in [-0.05, 0) is 35.8 Å². The van der Waals surface area contributed by atoms with Gasteiger partial charge in [0.15, 0.2) is 6.10 Å². The minimum absolute atomic E-state index is 0.430. The fourth-order valence-electron chi connectivity index (χ4n) is 1.18. The average Bonchev–Trinajstić information content (AvgIpc) is 2.24. The maximum atomic E-state index is 11.1. The number of aromatic nitrogens is 1. The van der Waals surface area contributed by atoms with E-state index in [1.807, 2.05) is 0 Å². The van der Waals surface area contributed by atoms with Gasteiger partial charge in [-0.1, -0.05) is 0 Å². The van der Waals surface area contributed by atoms with Crippen LogP contribution in [-0.4, -0.2) is 33.4 Å². The molecule has 3 unspecified atom stereocenters. The van der Waals surface area contributed by atoms with Crippen LogP contribution in [0, 0.1) is 0 Å². The second-order valence-electron chi connectivity index (χ2n) is 3.74. The largest absolute Gasteiger partial charge is 0.479 e. The third kappa shape index (κ3) is 4.07. The molecule has 0 aliphatic heterocycles. The Morgan fingerprint density at radius 1 is 1.47 bits per heavy atom. The van der Waals surface area contributed by atoms with Crippen LogP contribution in [0.5, 0.6) is 0 Å². The number of ether oxygens (including phenoxy) is 1. The molecule has 0 radical (unpaired) electrons. The second-order valence-corrected chi connectivity index (χ2v) is 4.65. The van der Waals surface area contributed by atoms with Crippen molar-refractivity contribution in [2.75, 3.05) is 0 Å². The summed E-state index contributed by atoms with van der Waals surface area (Å²) in [6.45, 7) is 3.16. The Balaban J connectivity index is 2.90. The molecule has 0 aliphatic rings. The molecule has 6 heteroatoms. The molecule has 1 rings (SSSR count). The van der Waals surface area contributed by atoms with Crippen LogP contribution in [0.1, 0.15) is 25.5 Å². The molecule has 0 spiro atoms. The molecule has 0 saturated carbocycles. The molecule has 0 aromatic carbocycles. The number of halogens is 1. The first-order valence-electron chi connectivity index (χ1n) is 5.08. The van der Waals surface area contributed by atoms with E-state index in [9.17, 15) is 9.90 Å². The third-order valence-electron chi connectivity index (χ3n) is 2.28. The van der Waals surface area contributed by atoms with Crippen molar-refractivity contribution in [3.63, 3.8) is 0 Å². The van der Waals surface area contributed by atoms with Crippen LogP contribution in [0.4, 0.5) is 0 Å². The minimum Gasteiger partial charge on any atom is -0.479 e. The molecule has 1 aromatic rings. The van der Waals surface area contributed by atoms with E-state index >= 15 is 0 Å². The predicted octanol–water partition coefficient (Wildman–Crippen LogP) is 1.76. The number of nitrogens with zero attached hydrogens (tertiary/aromatic N) is 1. The van der Waals surface area contributed by atoms with Crippen LogP contribution >= 0.6 is 15.9 Å². The highest BCUT2D eigenvalue weighted by molar-refractivity contribution is 9.10. The molecule has 5 nitrogen and oxygen atoms in total. The van der Waals surface area contributed by atoms with E-state index in [4.69, 9.17) is 9.84 Å². The second kappa shape index (κ2) is 6.09. The molecule has 94 valence electrons. The normalized spacial score (nSPS) is 16.2. The van der Waals surface area contributed by atoms with Gasteiger partial charge in [0.05, 0.1) is 12.2 Å². The number of hydrogen-bond donors (Lipinski definition) is 2. The Bertz CT molecular complexity index is 397. The summed E-state index contributed by atoms with van der Waals surface area (Å²) in [7, 11) is 0. The number of aliphatic hydroxyl groups excluding tert-OH is 1. The first kappa shape index (κ1) is 14.1. The van der Waals surface area contributed by atoms with Gasteiger partial charge in [0.2, 0.25) is 0 Å². The molecule has 0 aliphatic carbocycles. The maximum Gasteiger partial charge on any atom is 0.337 e. The van der Waals surface area contributed by atoms with Crippen LogP contribution in [0.15, 0.2) is 22.9 Å². The number of carboxylic acids is 1. The Morgan fingerprint density at radius 3 is 2.59 bits per heavy atom. The molecule has 17 heavy (non-hydrogen) atoms. The smallest absolute Gasteiger partial charge is 0.337 e. The zero-order valence-electron chi connectivity index (χ0n) is 9.50. The number of aliphatic hydroxyl groups is 1. The highest BCUT2D eigenvalue weighted by Crippen LogP contribution is 2.22. The lowest BCUT2D eigenvalue weighted by Gasteiger charge is -2.21. The lowest BCUT2D eigenvalue weighted by atomic mass is 10.1. The summed E-state index contributed by atoms with van der Waals surface area (Å²) in [6.07, 6.45) is 0.537. The Morgan fingerprint density at radius 2 is 2.12 bits per heavy atom. The summed E-state index contributed by atoms with van der Waals surface area (Å²) < 4.78 is 5.98. The van der Waals surface area contributed by atoms with Crippen molar-refractivity contribution in [2.45, 2.75) is 32.2 Å². The minimum atomic E-state index is -1.13. The van der Waals surface area contributed by atoms with Gasteiger partial charge in [0.1, 0.15) is 0 Å². The van der Waals surface area contributed by atoms with Gasteiger partial charge in [-0.2, -0.15) is 0 Å². The number of aliphatic carboxylic acids is 1. The summed E-state index contributed by atoms with van der Waals surface area (Å²) in [6, 6.07) is 1.63. The average molecular weight is 304 g/mol. The van der Waals surface area contributed by atoms with E-state index in [1.165, 1.54) is 6.20 Å². The fraction of sp³-hybridized carbons (Fsp3) is 0.455. The van der Waals surface area contributed by atoms with Crippen LogP contribution in [0.25, 0.3) is 0 Å². The number of pyridine rings is 1. The van der Waals surface area contributed by atoms with E-state index in [-0.39, 0.29) is 0 Å². The van der Waals surface area contributed by atoms with Gasteiger partial charge in [-0.15, -0.1) is 0 Å². The van der Waals surface area contributed by atoms with Gasteiger partial charge in [0, 0.05) is 22.4 Å². The molecule has 0 saturated heterocycles. The monoisotopic (exact) mass is 303 g/mol. The molecule has 0 fully saturated rings. The third-order valence-corrected chi connectivity index (χ3v) is 2.72. The molecule has 0 bridgehead atoms. The highest BCUT2D eigenvalue weighted by atomic mass is 79.9. The molecule has 1 aromatic heterocycles. The maximum absolute atomic E-state index is 11.1. The first-order chi connectivity index (χ1) is 7.91. The Labute approximate surface area is 108 Å². The van der Waals surface area contributed by atoms with E-state index in [2.05, 4.69) is 20.9 Å². The highest BCUT2D eigenvalue weighted by Gasteiger charge is 2.25. The van der Waals surface area contributed by atoms with Gasteiger partial charge >= 0.3 is 5.97 Å². The summed E-state index contributed by atoms with van der Waals surface area (Å²) in [5.74, 6) is -1.11. The van der Waals surface area contributed by atoms with Crippen LogP contribution in [-0.2, 0) is 9.53 Å². The van der Waals surface area contributed by atoms with Gasteiger partial charge in [-0.3, -0.25) is 4.98 Å². The lowest BCUT2D eigenvalue weighted by Crippen LogP contribution is -2.28. The zero-order chi connectivity index (χ0) is 13.0. The topological polar surface area (TPSA) is 79.7 Å². The zero-order valence-corrected chi connectivity index (χ0v) is 11.1. The molecule has 0 amide bonds. The van der Waals surface area contributed by atoms with E-state index in [0.717, 1.165) is 0 Å². The molecule has 1 heterocycles. The Kier molecular flexibility index (Phi) is 5.04. The standard InChI is InChI=1S/C11H14BrNO4/c1-6(14)7(2)17-10(11(15)16)8-3-9(12)5-13-4-8/h3-7,10,14H,1-2H3,(H,15,16). The lowest BCUT2D eigenvalue weighted by molar-refractivity contribution is -0.158. The first-order valence-corrected chi connectivity index (χ1v) is 5.88. The van der Waals surface area contributed by atoms with Crippen molar-refractivity contribution in [3.8, 4) is 0 Å². The Hall–Kier alpha value is -0.980. The van der Waals surface area contributed by atoms with Gasteiger partial charge < -0.3 is 14.9 Å². The van der Waals surface area contributed by atoms with Gasteiger partial charge in [-0.25, -0.2) is 4.79 Å². The van der Waals surface area contributed by atoms with E-state index < -0.39 is 24.3 Å². The van der Waals surface area contributed by atoms with E-state index in [1.54, 1.807) is 26.1 Å². The summed E-state index contributed by atoms with van der Waals surface area (Å²) in [5.41, 5.74) is 0.430. The summed E-state index contributed by atoms with van der Waals surface area (Å²) in [5, 5.41) is 18.4. The van der Waals surface area contributed by atoms with Crippen LogP contribution in [0.3, 0.4) is 0 Å². The van der Waals surface area contributed by atoms with Crippen molar-refractivity contribution in [1.29, 1.82) is 0 Å². The van der Waals surface area contributed by atoms with Crippen LogP contribution in [0.2, 0.25) is 0 Å². The quantitative estimate of drug-likeness (QED) is 0.866. The number of hydrogen-bond acceptors (Lipinski definition) is 4. The van der Waals surface area contributed by atoms with Crippen molar-refractivity contribution >= 4 is 21.9 Å². The molecule has 2 N–H and O–H groups in total. The van der Waals surface area contributed by atoms with Crippen molar-refractivity contribution in [1.82, 2.24) is 4.98 Å². The summed E-state index contributed by atoms with van der Waals surface area (Å²) >= 11 is 3.21. The van der Waals surface area contributed by atoms with E-state index in [0.29, 0.717) is 10.0 Å². The SMILES string of the molecule is CC(O)C(C)OC(C(=O)O)c1cncc(Br)c1. The number of rotatable bonds is 5. The van der Waals surface area contributed by atoms with Crippen LogP contribution < -0.4 is 0 Å². The van der Waals surface area contributed by atoms with Gasteiger partial charge in [0.25, 0.3) is 0 Å².